The number of benzene rings is 2. The lowest BCUT2D eigenvalue weighted by Gasteiger charge is -2.28. The summed E-state index contributed by atoms with van der Waals surface area (Å²) in [5.74, 6) is 0.742. The van der Waals surface area contributed by atoms with Gasteiger partial charge in [0.1, 0.15) is 5.75 Å². The van der Waals surface area contributed by atoms with Crippen molar-refractivity contribution in [1.29, 1.82) is 0 Å². The molecule has 0 saturated heterocycles. The van der Waals surface area contributed by atoms with Crippen LogP contribution in [0.3, 0.4) is 0 Å². The molecule has 31 heavy (non-hydrogen) atoms. The van der Waals surface area contributed by atoms with Crippen LogP contribution >= 0.6 is 11.8 Å². The number of H-pyrrole nitrogens is 1. The number of hydrogen-bond acceptors (Lipinski definition) is 3. The number of carbonyl (C=O) groups is 1. The molecule has 0 aliphatic carbocycles. The molecule has 0 bridgehead atoms. The average molecular weight is 439 g/mol. The smallest absolute Gasteiger partial charge is 0.230 e. The van der Waals surface area contributed by atoms with Crippen molar-refractivity contribution in [3.8, 4) is 5.75 Å². The normalized spacial score (nSPS) is 12.3. The van der Waals surface area contributed by atoms with Crippen LogP contribution in [-0.2, 0) is 22.0 Å². The Morgan fingerprint density at radius 3 is 2.26 bits per heavy atom. The molecule has 3 rings (SSSR count). The van der Waals surface area contributed by atoms with Crippen molar-refractivity contribution in [2.75, 3.05) is 12.3 Å². The molecule has 166 valence electrons. The van der Waals surface area contributed by atoms with Crippen molar-refractivity contribution in [3.63, 3.8) is 0 Å². The van der Waals surface area contributed by atoms with Gasteiger partial charge in [0, 0.05) is 39.7 Å². The van der Waals surface area contributed by atoms with Crippen LogP contribution in [-0.4, -0.2) is 28.3 Å². The van der Waals surface area contributed by atoms with E-state index in [0.717, 1.165) is 28.0 Å². The molecule has 0 unspecified atom stereocenters. The highest BCUT2D eigenvalue weighted by molar-refractivity contribution is 8.00. The van der Waals surface area contributed by atoms with Gasteiger partial charge >= 0.3 is 0 Å². The highest BCUT2D eigenvalue weighted by Gasteiger charge is 2.26. The summed E-state index contributed by atoms with van der Waals surface area (Å²) in [7, 11) is 0. The fourth-order valence-electron chi connectivity index (χ4n) is 3.71. The number of para-hydroxylation sites is 1. The summed E-state index contributed by atoms with van der Waals surface area (Å²) in [6.45, 7) is 13.2. The van der Waals surface area contributed by atoms with Crippen LogP contribution in [0.15, 0.2) is 47.5 Å². The Hall–Kier alpha value is -2.40. The maximum atomic E-state index is 12.4. The molecule has 4 nitrogen and oxygen atoms in total. The number of phenolic OH excluding ortho intramolecular Hbond substituents is 1. The Morgan fingerprint density at radius 1 is 1.03 bits per heavy atom. The van der Waals surface area contributed by atoms with Gasteiger partial charge in [-0.25, -0.2) is 0 Å². The minimum atomic E-state index is -0.178. The maximum absolute atomic E-state index is 12.4. The third kappa shape index (κ3) is 5.65. The summed E-state index contributed by atoms with van der Waals surface area (Å²) < 4.78 is 0. The standard InChI is InChI=1S/C26H34N2O2S/c1-25(2,3)20-13-18(14-21(24(20)30)26(4,5)6)31-16-23(29)27-12-11-17-15-28-22-10-8-7-9-19(17)22/h7-10,13-15,28,30H,11-12,16H2,1-6H3,(H,27,29). The summed E-state index contributed by atoms with van der Waals surface area (Å²) in [5.41, 5.74) is 3.82. The number of amides is 1. The predicted molar refractivity (Wildman–Crippen MR) is 131 cm³/mol. The third-order valence-corrected chi connectivity index (χ3v) is 6.44. The minimum absolute atomic E-state index is 0.0209. The van der Waals surface area contributed by atoms with Crippen molar-refractivity contribution >= 4 is 28.6 Å². The summed E-state index contributed by atoms with van der Waals surface area (Å²) in [6, 6.07) is 12.3. The van der Waals surface area contributed by atoms with E-state index in [1.165, 1.54) is 22.7 Å². The summed E-state index contributed by atoms with van der Waals surface area (Å²) in [4.78, 5) is 16.7. The molecule has 0 radical (unpaired) electrons. The number of phenols is 1. The molecule has 2 aromatic carbocycles. The number of rotatable bonds is 6. The van der Waals surface area contributed by atoms with E-state index < -0.39 is 0 Å². The monoisotopic (exact) mass is 438 g/mol. The summed E-state index contributed by atoms with van der Waals surface area (Å²) >= 11 is 1.52. The van der Waals surface area contributed by atoms with Gasteiger partial charge in [-0.05, 0) is 41.0 Å². The number of thioether (sulfide) groups is 1. The highest BCUT2D eigenvalue weighted by atomic mass is 32.2. The minimum Gasteiger partial charge on any atom is -0.507 e. The van der Waals surface area contributed by atoms with Gasteiger partial charge in [-0.15, -0.1) is 11.8 Å². The van der Waals surface area contributed by atoms with Crippen LogP contribution < -0.4 is 5.32 Å². The number of hydrogen-bond donors (Lipinski definition) is 3. The Labute approximate surface area is 189 Å². The molecule has 0 aliphatic heterocycles. The number of carbonyl (C=O) groups excluding carboxylic acids is 1. The molecule has 0 saturated carbocycles. The second-order valence-corrected chi connectivity index (χ2v) is 11.2. The lowest BCUT2D eigenvalue weighted by atomic mass is 9.79. The van der Waals surface area contributed by atoms with E-state index in [0.29, 0.717) is 18.0 Å². The van der Waals surface area contributed by atoms with Crippen LogP contribution in [0.5, 0.6) is 5.75 Å². The Kier molecular flexibility index (Phi) is 6.75. The zero-order valence-electron chi connectivity index (χ0n) is 19.4. The predicted octanol–water partition coefficient (Wildman–Crippen LogP) is 5.92. The second kappa shape index (κ2) is 8.99. The molecule has 0 atom stereocenters. The Morgan fingerprint density at radius 2 is 1.65 bits per heavy atom. The molecule has 3 aromatic rings. The first-order chi connectivity index (χ1) is 14.5. The lowest BCUT2D eigenvalue weighted by molar-refractivity contribution is -0.118. The van der Waals surface area contributed by atoms with Crippen molar-refractivity contribution in [2.45, 2.75) is 63.7 Å². The van der Waals surface area contributed by atoms with Crippen molar-refractivity contribution < 1.29 is 9.90 Å². The molecule has 1 aromatic heterocycles. The molecule has 1 heterocycles. The maximum Gasteiger partial charge on any atom is 0.230 e. The van der Waals surface area contributed by atoms with Gasteiger partial charge in [-0.1, -0.05) is 59.7 Å². The fourth-order valence-corrected chi connectivity index (χ4v) is 4.51. The Bertz CT molecular complexity index is 1040. The molecule has 0 spiro atoms. The van der Waals surface area contributed by atoms with E-state index in [4.69, 9.17) is 0 Å². The Balaban J connectivity index is 1.63. The SMILES string of the molecule is CC(C)(C)c1cc(SCC(=O)NCCc2c[nH]c3ccccc23)cc(C(C)(C)C)c1O. The van der Waals surface area contributed by atoms with E-state index in [9.17, 15) is 9.90 Å². The second-order valence-electron chi connectivity index (χ2n) is 10.1. The molecular weight excluding hydrogens is 404 g/mol. The molecule has 0 aliphatic rings. The summed E-state index contributed by atoms with van der Waals surface area (Å²) in [6.07, 6.45) is 2.81. The van der Waals surface area contributed by atoms with Gasteiger partial charge in [-0.2, -0.15) is 0 Å². The van der Waals surface area contributed by atoms with Gasteiger partial charge < -0.3 is 15.4 Å². The topological polar surface area (TPSA) is 65.1 Å². The van der Waals surface area contributed by atoms with Crippen LogP contribution in [0.2, 0.25) is 0 Å². The molecular formula is C26H34N2O2S. The van der Waals surface area contributed by atoms with Crippen LogP contribution in [0.4, 0.5) is 0 Å². The largest absolute Gasteiger partial charge is 0.507 e. The van der Waals surface area contributed by atoms with Crippen LogP contribution in [0.1, 0.15) is 58.2 Å². The van der Waals surface area contributed by atoms with Crippen LogP contribution in [0, 0.1) is 0 Å². The average Bonchev–Trinajstić information content (AvgIpc) is 3.08. The van der Waals surface area contributed by atoms with Gasteiger partial charge in [0.15, 0.2) is 0 Å². The van der Waals surface area contributed by atoms with Crippen molar-refractivity contribution in [2.24, 2.45) is 0 Å². The molecule has 0 fully saturated rings. The number of fused-ring (bicyclic) bond motifs is 1. The van der Waals surface area contributed by atoms with Gasteiger partial charge in [0.05, 0.1) is 5.75 Å². The molecule has 5 heteroatoms. The van der Waals surface area contributed by atoms with Gasteiger partial charge in [0.2, 0.25) is 5.91 Å². The molecule has 3 N–H and O–H groups in total. The number of nitrogens with one attached hydrogen (secondary N) is 2. The van der Waals surface area contributed by atoms with E-state index in [2.05, 4.69) is 64.0 Å². The lowest BCUT2D eigenvalue weighted by Crippen LogP contribution is -2.27. The number of aromatic amines is 1. The first-order valence-electron chi connectivity index (χ1n) is 10.8. The first-order valence-corrected chi connectivity index (χ1v) is 11.8. The summed E-state index contributed by atoms with van der Waals surface area (Å²) in [5, 5.41) is 15.1. The van der Waals surface area contributed by atoms with Gasteiger partial charge in [0.25, 0.3) is 0 Å². The van der Waals surface area contributed by atoms with Crippen LogP contribution in [0.25, 0.3) is 10.9 Å². The van der Waals surface area contributed by atoms with E-state index in [1.807, 2.05) is 30.5 Å². The van der Waals surface area contributed by atoms with E-state index >= 15 is 0 Å². The van der Waals surface area contributed by atoms with Crippen molar-refractivity contribution in [3.05, 3.63) is 59.3 Å². The zero-order valence-corrected chi connectivity index (χ0v) is 20.2. The zero-order chi connectivity index (χ0) is 22.8. The first kappa shape index (κ1) is 23.3. The van der Waals surface area contributed by atoms with E-state index in [-0.39, 0.29) is 16.7 Å². The van der Waals surface area contributed by atoms with E-state index in [1.54, 1.807) is 0 Å². The highest BCUT2D eigenvalue weighted by Crippen LogP contribution is 2.41. The number of aromatic hydroxyl groups is 1. The third-order valence-electron chi connectivity index (χ3n) is 5.46. The number of aromatic nitrogens is 1. The molecule has 1 amide bonds. The quantitative estimate of drug-likeness (QED) is 0.419. The van der Waals surface area contributed by atoms with Gasteiger partial charge in [-0.3, -0.25) is 4.79 Å². The fraction of sp³-hybridized carbons (Fsp3) is 0.423. The van der Waals surface area contributed by atoms with Crippen molar-refractivity contribution in [1.82, 2.24) is 10.3 Å².